The molecule has 2 aliphatic heterocycles. The first-order chi connectivity index (χ1) is 50.0. The van der Waals surface area contributed by atoms with Crippen molar-refractivity contribution in [1.82, 2.24) is 10.6 Å². The molecular weight excluding hydrogens is 1670 g/mol. The number of carbonyl (C=O) groups is 4. The first-order valence-corrected chi connectivity index (χ1v) is 45.9. The fourth-order valence-electron chi connectivity index (χ4n) is 3.50. The number of benzene rings is 2. The number of thioether (sulfide) groups is 4. The fraction of sp³-hybridized carbons (Fsp3) is 0.441. The number of alkyl carbamates (subject to hydrolysis) is 2. The number of carbonyl (C=O) groups excluding carboxylic acids is 12. The van der Waals surface area contributed by atoms with Gasteiger partial charge in [-0.15, -0.1) is 0 Å². The van der Waals surface area contributed by atoms with Crippen molar-refractivity contribution in [2.24, 2.45) is 11.5 Å². The smallest absolute Gasteiger partial charge is 0.449 e. The zero-order valence-corrected chi connectivity index (χ0v) is 78.1. The van der Waals surface area contributed by atoms with Crippen LogP contribution in [0.4, 0.5) is 19.2 Å². The minimum absolute atomic E-state index is 0. The van der Waals surface area contributed by atoms with Crippen LogP contribution in [0.3, 0.4) is 0 Å². The van der Waals surface area contributed by atoms with E-state index in [-0.39, 0.29) is 67.0 Å². The number of hydrogen-bond acceptors (Lipinski definition) is 38. The number of rotatable bonds is 16. The van der Waals surface area contributed by atoms with Crippen molar-refractivity contribution >= 4 is 217 Å². The molecule has 4 aliphatic rings. The number of allylic oxidation sites excluding steroid dienone is 10. The number of methoxy groups -OCH3 is 2. The molecular formula is C68H120N4O22S14-4. The van der Waals surface area contributed by atoms with Crippen LogP contribution in [0.25, 0.3) is 0 Å². The number of epoxide rings is 2. The second-order valence-electron chi connectivity index (χ2n) is 14.5. The largest absolute Gasteiger partial charge is 0.508 e. The lowest BCUT2D eigenvalue weighted by Gasteiger charge is -2.04. The molecule has 2 aromatic rings. The van der Waals surface area contributed by atoms with Crippen LogP contribution < -0.4 is 22.1 Å². The zero-order valence-electron chi connectivity index (χ0n) is 66.7. The van der Waals surface area contributed by atoms with E-state index < -0.39 is 18.4 Å². The van der Waals surface area contributed by atoms with Gasteiger partial charge >= 0.3 is 49.1 Å². The van der Waals surface area contributed by atoms with Gasteiger partial charge in [0.05, 0.1) is 40.6 Å². The number of nitrogens with two attached hydrogens (primary N) is 2. The van der Waals surface area contributed by atoms with Gasteiger partial charge in [-0.3, -0.25) is 0 Å². The summed E-state index contributed by atoms with van der Waals surface area (Å²) in [5.74, 6) is 1.64. The Labute approximate surface area is 706 Å². The van der Waals surface area contributed by atoms with Crippen molar-refractivity contribution in [1.29, 1.82) is 0 Å². The molecule has 2 aromatic carbocycles. The van der Waals surface area contributed by atoms with Crippen LogP contribution in [-0.2, 0) is 89.5 Å². The number of amides is 2. The van der Waals surface area contributed by atoms with Gasteiger partial charge in [0.1, 0.15) is 26.4 Å². The van der Waals surface area contributed by atoms with Crippen molar-refractivity contribution < 1.29 is 106 Å². The Morgan fingerprint density at radius 3 is 0.861 bits per heavy atom. The number of thiocarbonyl (C=S) groups is 2. The predicted molar refractivity (Wildman–Crippen MR) is 480 cm³/mol. The minimum atomic E-state index is -0.655. The molecule has 632 valence electrons. The van der Waals surface area contributed by atoms with Crippen LogP contribution in [0.2, 0.25) is 0 Å². The van der Waals surface area contributed by atoms with Crippen LogP contribution in [0, 0.1) is 29.7 Å². The molecule has 0 spiro atoms. The van der Waals surface area contributed by atoms with E-state index in [0.717, 1.165) is 84.2 Å². The third kappa shape index (κ3) is 190. The maximum atomic E-state index is 10.8. The maximum Gasteiger partial charge on any atom is 0.508 e. The number of ether oxygens (including phenoxy) is 8. The van der Waals surface area contributed by atoms with Crippen LogP contribution in [0.1, 0.15) is 11.1 Å². The normalized spacial score (nSPS) is 9.48. The lowest BCUT2D eigenvalue weighted by atomic mass is 10.1. The topological polar surface area (TPSA) is 402 Å². The molecule has 0 bridgehead atoms. The van der Waals surface area contributed by atoms with Crippen LogP contribution in [0.5, 0.6) is 0 Å². The molecule has 6 rings (SSSR count). The van der Waals surface area contributed by atoms with Gasteiger partial charge < -0.3 is 99.9 Å². The Bertz CT molecular complexity index is 2200. The molecule has 26 nitrogen and oxygen atoms in total. The monoisotopic (exact) mass is 1790 g/mol. The highest BCUT2D eigenvalue weighted by atomic mass is 33.1. The zero-order chi connectivity index (χ0) is 83.7. The van der Waals surface area contributed by atoms with Gasteiger partial charge in [0.2, 0.25) is 0 Å². The van der Waals surface area contributed by atoms with Crippen molar-refractivity contribution in [3.8, 4) is 0 Å². The summed E-state index contributed by atoms with van der Waals surface area (Å²) in [5, 5.41) is 18.8. The molecule has 0 unspecified atom stereocenters. The molecule has 2 amide bonds. The van der Waals surface area contributed by atoms with E-state index in [4.69, 9.17) is 87.2 Å². The molecule has 2 saturated heterocycles. The summed E-state index contributed by atoms with van der Waals surface area (Å²) >= 11 is 16.7. The lowest BCUT2D eigenvalue weighted by molar-refractivity contribution is -0.193. The fourth-order valence-corrected chi connectivity index (χ4v) is 8.52. The molecule has 2 fully saturated rings. The van der Waals surface area contributed by atoms with E-state index in [1.807, 2.05) is 172 Å². The van der Waals surface area contributed by atoms with Gasteiger partial charge in [-0.05, 0) is 160 Å². The van der Waals surface area contributed by atoms with Crippen molar-refractivity contribution in [2.45, 2.75) is 23.0 Å². The highest BCUT2D eigenvalue weighted by Crippen LogP contribution is 2.29. The van der Waals surface area contributed by atoms with E-state index >= 15 is 0 Å². The number of aliphatic hydroxyl groups excluding tert-OH is 2. The summed E-state index contributed by atoms with van der Waals surface area (Å²) in [6, 6.07) is 15.8. The quantitative estimate of drug-likeness (QED) is 0.0173. The highest BCUT2D eigenvalue weighted by Gasteiger charge is 2.03. The first-order valence-electron chi connectivity index (χ1n) is 28.0. The predicted octanol–water partition coefficient (Wildman–Crippen LogP) is 15.2. The lowest BCUT2D eigenvalue weighted by Crippen LogP contribution is -2.20. The summed E-state index contributed by atoms with van der Waals surface area (Å²) in [4.78, 5) is 111. The van der Waals surface area contributed by atoms with Gasteiger partial charge in [0.15, 0.2) is 0 Å². The Kier molecular flexibility index (Phi) is 209. The summed E-state index contributed by atoms with van der Waals surface area (Å²) in [6.07, 6.45) is 38.4. The molecule has 2 aliphatic carbocycles. The highest BCUT2D eigenvalue weighted by molar-refractivity contribution is 8.77. The number of aliphatic hydroxyl groups is 2. The summed E-state index contributed by atoms with van der Waals surface area (Å²) < 4.78 is 36.6. The Morgan fingerprint density at radius 1 is 0.435 bits per heavy atom. The Balaban J connectivity index is -0.0000000514. The number of nitrogens with one attached hydrogen (secondary N) is 2. The van der Waals surface area contributed by atoms with Gasteiger partial charge in [-0.1, -0.05) is 173 Å². The van der Waals surface area contributed by atoms with Gasteiger partial charge in [-0.2, -0.15) is 85.4 Å². The third-order valence-electron chi connectivity index (χ3n) is 6.95. The molecule has 0 radical (unpaired) electrons. The second kappa shape index (κ2) is 152. The second-order valence-corrected chi connectivity index (χ2v) is 29.0. The van der Waals surface area contributed by atoms with E-state index in [1.54, 1.807) is 147 Å². The third-order valence-corrected chi connectivity index (χ3v) is 14.5. The summed E-state index contributed by atoms with van der Waals surface area (Å²) in [7, 11) is 24.1. The van der Waals surface area contributed by atoms with E-state index in [9.17, 15) is 19.2 Å². The van der Waals surface area contributed by atoms with E-state index in [1.165, 1.54) is 38.1 Å². The molecule has 40 heteroatoms. The average molecular weight is 1790 g/mol. The Hall–Kier alpha value is -4.38. The van der Waals surface area contributed by atoms with Gasteiger partial charge in [0, 0.05) is 59.3 Å². The minimum Gasteiger partial charge on any atom is -0.449 e. The first kappa shape index (κ1) is 149. The van der Waals surface area contributed by atoms with Crippen molar-refractivity contribution in [3.63, 3.8) is 0 Å². The summed E-state index contributed by atoms with van der Waals surface area (Å²) in [6.45, 7) is 12.9. The van der Waals surface area contributed by atoms with Crippen LogP contribution in [-0.4, -0.2) is 252 Å². The van der Waals surface area contributed by atoms with Crippen molar-refractivity contribution in [3.05, 3.63) is 162 Å². The van der Waals surface area contributed by atoms with Crippen LogP contribution in [0.15, 0.2) is 131 Å². The van der Waals surface area contributed by atoms with Crippen molar-refractivity contribution in [2.75, 3.05) is 183 Å². The molecule has 0 atom stereocenters. The molecule has 108 heavy (non-hydrogen) atoms. The van der Waals surface area contributed by atoms with Gasteiger partial charge in [-0.25, -0.2) is 19.2 Å². The SMILES string of the molecule is C1CO1.C1CO1.C=C1C=CC(=S)C=C1.C=C1C=CC(=S)C=C1.CN.CN.CNC(=O)OCCSSC.CNC(=O)OCc1ccc(SSC)cc1.CO.CO.COC(=O)OCCSSC.COC(=O)OCc1ccc(SSC)cc1.CSC.CSC.CSC.CSC.O=C=O.O=C=O.O=C=O.O=C=O.[CH3-].[CH3-].[CH3-].[CH3-]. The van der Waals surface area contributed by atoms with E-state index in [2.05, 4.69) is 58.9 Å². The Morgan fingerprint density at radius 2 is 0.657 bits per heavy atom. The van der Waals surface area contributed by atoms with Gasteiger partial charge in [0.25, 0.3) is 0 Å². The summed E-state index contributed by atoms with van der Waals surface area (Å²) in [5.41, 5.74) is 13.0. The molecule has 8 N–H and O–H groups in total. The van der Waals surface area contributed by atoms with E-state index in [0.29, 0.717) is 19.8 Å². The number of hydrogen-bond donors (Lipinski definition) is 6. The molecule has 2 heterocycles. The molecule has 0 saturated carbocycles. The van der Waals surface area contributed by atoms with Crippen LogP contribution >= 0.6 is 158 Å². The standard InChI is InChI=1S/C10H13NO2S2.C10H12O3S2.2C7H6S.C5H11NO2S2.C5H10O3S2.2C2H4O.4C2H6S.2CH5N.4CO2.2CH4O.4CH3/c1-11-10(12)13-7-8-3-5-9(6-4-8)15-14-2;1-12-10(11)13-7-8-3-5-9(6-4-8)15-14-2;2*1-6-2-4-7(8)5-3-6;1-6-5(7)8-3-4-10-9-2;1-7-5(6)8-3-4-10-9-2;2*1-2-3-1;4*1-3-2;2*1-2;4*2-1-3;2*1-2;;;;/h3-6H,7H2,1-2H3,(H,11,12);3-6H,7H2,1-2H3;2*2-5H,1H2;3-4H2,1-2H3,(H,6,7);3-4H2,1-2H3;2*1-2H2;4*1-2H3;2*2H2,1H3;;;;;2*2H,1H3;4*1H3/q;;;;;;;;;;;;;;;;;;;;4*-1. The average Bonchev–Trinajstić information content (AvgIpc) is 1.93. The maximum absolute atomic E-state index is 10.8. The molecule has 0 aromatic heterocycles.